The Balaban J connectivity index is 1.55. The number of aryl methyl sites for hydroxylation is 1. The number of methoxy groups -OCH3 is 1. The zero-order valence-electron chi connectivity index (χ0n) is 16.0. The number of nitrogens with zero attached hydrogens (tertiary/aromatic N) is 4. The van der Waals surface area contributed by atoms with E-state index in [1.54, 1.807) is 7.11 Å². The zero-order valence-corrected chi connectivity index (χ0v) is 16.0. The summed E-state index contributed by atoms with van der Waals surface area (Å²) in [5.41, 5.74) is 1.84. The number of benzene rings is 1. The fraction of sp³-hybridized carbons (Fsp3) is 0.429. The molecule has 0 aliphatic carbocycles. The van der Waals surface area contributed by atoms with Crippen molar-refractivity contribution in [2.45, 2.75) is 25.3 Å². The lowest BCUT2D eigenvalue weighted by molar-refractivity contribution is 0.0693. The molecule has 2 aromatic heterocycles. The lowest BCUT2D eigenvalue weighted by Gasteiger charge is -2.32. The Morgan fingerprint density at radius 3 is 3.00 bits per heavy atom. The lowest BCUT2D eigenvalue weighted by atomic mass is 9.96. The average Bonchev–Trinajstić information content (AvgIpc) is 3.31. The summed E-state index contributed by atoms with van der Waals surface area (Å²) in [5.74, 6) is 1.43. The van der Waals surface area contributed by atoms with E-state index in [0.717, 1.165) is 48.4 Å². The number of piperidine rings is 1. The Hall–Kier alpha value is -2.60. The van der Waals surface area contributed by atoms with E-state index in [9.17, 15) is 4.79 Å². The van der Waals surface area contributed by atoms with Crippen LogP contribution in [-0.4, -0.2) is 51.7 Å². The van der Waals surface area contributed by atoms with Crippen LogP contribution in [0.1, 0.15) is 35.1 Å². The molecular formula is C21H26N4O2. The largest absolute Gasteiger partial charge is 0.383 e. The van der Waals surface area contributed by atoms with Gasteiger partial charge in [0.05, 0.1) is 6.61 Å². The average molecular weight is 366 g/mol. The van der Waals surface area contributed by atoms with Crippen LogP contribution in [0.15, 0.2) is 42.7 Å². The highest BCUT2D eigenvalue weighted by molar-refractivity contribution is 5.98. The summed E-state index contributed by atoms with van der Waals surface area (Å²) in [6.07, 6.45) is 5.90. The fourth-order valence-electron chi connectivity index (χ4n) is 4.09. The maximum absolute atomic E-state index is 13.2. The molecule has 1 aromatic carbocycles. The van der Waals surface area contributed by atoms with Gasteiger partial charge in [0.15, 0.2) is 0 Å². The smallest absolute Gasteiger partial charge is 0.270 e. The van der Waals surface area contributed by atoms with Gasteiger partial charge in [0.25, 0.3) is 5.91 Å². The van der Waals surface area contributed by atoms with Crippen LogP contribution >= 0.6 is 0 Å². The van der Waals surface area contributed by atoms with Gasteiger partial charge >= 0.3 is 0 Å². The van der Waals surface area contributed by atoms with E-state index in [1.165, 1.54) is 0 Å². The predicted octanol–water partition coefficient (Wildman–Crippen LogP) is 3.04. The van der Waals surface area contributed by atoms with Crippen molar-refractivity contribution >= 4 is 16.8 Å². The van der Waals surface area contributed by atoms with Crippen molar-refractivity contribution in [2.24, 2.45) is 7.05 Å². The van der Waals surface area contributed by atoms with Crippen molar-refractivity contribution < 1.29 is 9.53 Å². The number of amides is 1. The van der Waals surface area contributed by atoms with Crippen LogP contribution in [0.25, 0.3) is 10.9 Å². The molecular weight excluding hydrogens is 340 g/mol. The standard InChI is InChI=1S/C21H26N4O2/c1-23-18-8-4-3-6-16(18)14-19(23)21(26)25-10-5-7-17(15-25)20-22-9-11-24(20)12-13-27-2/h3-4,6,8-9,11,14,17H,5,7,10,12-13,15H2,1-2H3/t17-/m1/s1. The van der Waals surface area contributed by atoms with Gasteiger partial charge in [0.2, 0.25) is 0 Å². The van der Waals surface area contributed by atoms with Crippen molar-refractivity contribution in [3.8, 4) is 0 Å². The van der Waals surface area contributed by atoms with Crippen molar-refractivity contribution in [2.75, 3.05) is 26.8 Å². The van der Waals surface area contributed by atoms with Crippen molar-refractivity contribution in [1.29, 1.82) is 0 Å². The molecule has 6 nitrogen and oxygen atoms in total. The molecule has 27 heavy (non-hydrogen) atoms. The molecule has 0 N–H and O–H groups in total. The number of likely N-dealkylation sites (tertiary alicyclic amines) is 1. The summed E-state index contributed by atoms with van der Waals surface area (Å²) in [4.78, 5) is 19.8. The first-order chi connectivity index (χ1) is 13.2. The molecule has 1 fully saturated rings. The van der Waals surface area contributed by atoms with E-state index in [2.05, 4.69) is 21.7 Å². The number of hydrogen-bond acceptors (Lipinski definition) is 3. The van der Waals surface area contributed by atoms with Crippen molar-refractivity contribution in [3.63, 3.8) is 0 Å². The van der Waals surface area contributed by atoms with Crippen LogP contribution in [0.4, 0.5) is 0 Å². The monoisotopic (exact) mass is 366 g/mol. The topological polar surface area (TPSA) is 52.3 Å². The molecule has 0 bridgehead atoms. The quantitative estimate of drug-likeness (QED) is 0.697. The van der Waals surface area contributed by atoms with E-state index in [1.807, 2.05) is 47.1 Å². The molecule has 0 unspecified atom stereocenters. The second kappa shape index (κ2) is 7.56. The number of carbonyl (C=O) groups excluding carboxylic acids is 1. The second-order valence-corrected chi connectivity index (χ2v) is 7.21. The third kappa shape index (κ3) is 3.37. The van der Waals surface area contributed by atoms with Gasteiger partial charge in [-0.25, -0.2) is 4.98 Å². The first kappa shape index (κ1) is 17.8. The number of aromatic nitrogens is 3. The summed E-state index contributed by atoms with van der Waals surface area (Å²) in [5, 5.41) is 1.10. The van der Waals surface area contributed by atoms with E-state index in [0.29, 0.717) is 13.2 Å². The summed E-state index contributed by atoms with van der Waals surface area (Å²) in [7, 11) is 3.68. The van der Waals surface area contributed by atoms with Gasteiger partial charge in [-0.3, -0.25) is 4.79 Å². The zero-order chi connectivity index (χ0) is 18.8. The van der Waals surface area contributed by atoms with Gasteiger partial charge < -0.3 is 18.8 Å². The highest BCUT2D eigenvalue weighted by atomic mass is 16.5. The summed E-state index contributed by atoms with van der Waals surface area (Å²) in [6, 6.07) is 10.1. The summed E-state index contributed by atoms with van der Waals surface area (Å²) in [6.45, 7) is 2.97. The molecule has 0 radical (unpaired) electrons. The number of imidazole rings is 1. The van der Waals surface area contributed by atoms with Crippen molar-refractivity contribution in [3.05, 3.63) is 54.2 Å². The number of rotatable bonds is 5. The highest BCUT2D eigenvalue weighted by Crippen LogP contribution is 2.28. The van der Waals surface area contributed by atoms with E-state index in [-0.39, 0.29) is 11.8 Å². The summed E-state index contributed by atoms with van der Waals surface area (Å²) >= 11 is 0. The Morgan fingerprint density at radius 1 is 1.33 bits per heavy atom. The van der Waals surface area contributed by atoms with Gasteiger partial charge in [0.1, 0.15) is 11.5 Å². The Bertz CT molecular complexity index is 943. The first-order valence-electron chi connectivity index (χ1n) is 9.52. The molecule has 1 atom stereocenters. The number of carbonyl (C=O) groups is 1. The highest BCUT2D eigenvalue weighted by Gasteiger charge is 2.29. The first-order valence-corrected chi connectivity index (χ1v) is 9.52. The van der Waals surface area contributed by atoms with Gasteiger partial charge in [0, 0.05) is 63.0 Å². The van der Waals surface area contributed by atoms with Crippen LogP contribution in [0, 0.1) is 0 Å². The second-order valence-electron chi connectivity index (χ2n) is 7.21. The molecule has 1 saturated heterocycles. The van der Waals surface area contributed by atoms with Crippen LogP contribution in [0.3, 0.4) is 0 Å². The molecule has 1 aliphatic rings. The normalized spacial score (nSPS) is 17.6. The molecule has 3 heterocycles. The predicted molar refractivity (Wildman–Crippen MR) is 105 cm³/mol. The molecule has 0 saturated carbocycles. The van der Waals surface area contributed by atoms with Crippen molar-refractivity contribution in [1.82, 2.24) is 19.0 Å². The van der Waals surface area contributed by atoms with Gasteiger partial charge in [-0.1, -0.05) is 18.2 Å². The number of hydrogen-bond donors (Lipinski definition) is 0. The molecule has 4 rings (SSSR count). The molecule has 6 heteroatoms. The molecule has 1 aliphatic heterocycles. The fourth-order valence-corrected chi connectivity index (χ4v) is 4.09. The van der Waals surface area contributed by atoms with Crippen LogP contribution in [0.2, 0.25) is 0 Å². The van der Waals surface area contributed by atoms with Gasteiger partial charge in [-0.05, 0) is 25.0 Å². The summed E-state index contributed by atoms with van der Waals surface area (Å²) < 4.78 is 9.35. The Labute approximate surface area is 159 Å². The van der Waals surface area contributed by atoms with Crippen LogP contribution in [0.5, 0.6) is 0 Å². The Kier molecular flexibility index (Phi) is 4.99. The maximum Gasteiger partial charge on any atom is 0.270 e. The third-order valence-electron chi connectivity index (χ3n) is 5.53. The molecule has 0 spiro atoms. The number of ether oxygens (including phenoxy) is 1. The Morgan fingerprint density at radius 2 is 2.19 bits per heavy atom. The maximum atomic E-state index is 13.2. The van der Waals surface area contributed by atoms with Crippen LogP contribution < -0.4 is 0 Å². The molecule has 142 valence electrons. The minimum Gasteiger partial charge on any atom is -0.383 e. The lowest BCUT2D eigenvalue weighted by Crippen LogP contribution is -2.40. The van der Waals surface area contributed by atoms with Gasteiger partial charge in [-0.15, -0.1) is 0 Å². The molecule has 3 aromatic rings. The minimum absolute atomic E-state index is 0.105. The van der Waals surface area contributed by atoms with E-state index in [4.69, 9.17) is 4.74 Å². The number of para-hydroxylation sites is 1. The number of fused-ring (bicyclic) bond motifs is 1. The van der Waals surface area contributed by atoms with E-state index < -0.39 is 0 Å². The van der Waals surface area contributed by atoms with E-state index >= 15 is 0 Å². The molecule has 1 amide bonds. The van der Waals surface area contributed by atoms with Crippen LogP contribution in [-0.2, 0) is 18.3 Å². The van der Waals surface area contributed by atoms with Gasteiger partial charge in [-0.2, -0.15) is 0 Å². The SMILES string of the molecule is COCCn1ccnc1[C@@H]1CCCN(C(=O)c2cc3ccccc3n2C)C1. The third-order valence-corrected chi connectivity index (χ3v) is 5.53. The minimum atomic E-state index is 0.105.